The molecule has 0 fully saturated rings. The van der Waals surface area contributed by atoms with Crippen LogP contribution in [-0.4, -0.2) is 24.1 Å². The molecule has 0 spiro atoms. The molecule has 0 aliphatic heterocycles. The van der Waals surface area contributed by atoms with E-state index in [1.165, 1.54) is 11.9 Å². The van der Waals surface area contributed by atoms with Crippen molar-refractivity contribution in [3.63, 3.8) is 0 Å². The van der Waals surface area contributed by atoms with Crippen LogP contribution >= 0.6 is 0 Å². The predicted molar refractivity (Wildman–Crippen MR) is 86.6 cm³/mol. The Morgan fingerprint density at radius 3 is 2.33 bits per heavy atom. The van der Waals surface area contributed by atoms with Gasteiger partial charge >= 0.3 is 0 Å². The van der Waals surface area contributed by atoms with Crippen LogP contribution in [0.4, 0.5) is 17.3 Å². The molecule has 0 atom stereocenters. The summed E-state index contributed by atoms with van der Waals surface area (Å²) < 4.78 is 5.42. The van der Waals surface area contributed by atoms with Crippen molar-refractivity contribution in [2.24, 2.45) is 0 Å². The zero-order valence-corrected chi connectivity index (χ0v) is 13.2. The molecule has 21 heavy (non-hydrogen) atoms. The maximum absolute atomic E-state index is 5.42. The Morgan fingerprint density at radius 1 is 1.05 bits per heavy atom. The monoisotopic (exact) mass is 286 g/mol. The van der Waals surface area contributed by atoms with Gasteiger partial charge in [0.2, 0.25) is 5.75 Å². The van der Waals surface area contributed by atoms with Crippen LogP contribution in [-0.2, 0) is 5.41 Å². The first kappa shape index (κ1) is 15.1. The first-order valence-electron chi connectivity index (χ1n) is 6.90. The number of aromatic nitrogens is 2. The second-order valence-corrected chi connectivity index (χ2v) is 5.77. The molecule has 2 rings (SSSR count). The van der Waals surface area contributed by atoms with Crippen LogP contribution < -0.4 is 15.4 Å². The number of nitrogens with zero attached hydrogens (tertiary/aromatic N) is 2. The van der Waals surface area contributed by atoms with Crippen molar-refractivity contribution < 1.29 is 4.74 Å². The van der Waals surface area contributed by atoms with Gasteiger partial charge in [-0.15, -0.1) is 0 Å². The number of hydrogen-bond donors (Lipinski definition) is 2. The fourth-order valence-electron chi connectivity index (χ4n) is 2.21. The molecule has 1 aromatic carbocycles. The largest absolute Gasteiger partial charge is 0.490 e. The van der Waals surface area contributed by atoms with Gasteiger partial charge in [-0.25, -0.2) is 9.97 Å². The molecular formula is C16H22N4O. The molecule has 5 nitrogen and oxygen atoms in total. The fourth-order valence-corrected chi connectivity index (χ4v) is 2.21. The summed E-state index contributed by atoms with van der Waals surface area (Å²) in [7, 11) is 3.41. The van der Waals surface area contributed by atoms with Gasteiger partial charge in [-0.05, 0) is 17.0 Å². The summed E-state index contributed by atoms with van der Waals surface area (Å²) in [5.74, 6) is 1.90. The highest BCUT2D eigenvalue weighted by molar-refractivity contribution is 5.71. The molecule has 1 heterocycles. The second kappa shape index (κ2) is 5.99. The Morgan fingerprint density at radius 2 is 1.71 bits per heavy atom. The average molecular weight is 286 g/mol. The third kappa shape index (κ3) is 3.24. The summed E-state index contributed by atoms with van der Waals surface area (Å²) in [4.78, 5) is 8.44. The Bertz CT molecular complexity index is 620. The van der Waals surface area contributed by atoms with Crippen LogP contribution in [0.1, 0.15) is 26.3 Å². The molecule has 0 saturated carbocycles. The number of para-hydroxylation sites is 1. The fraction of sp³-hybridized carbons (Fsp3) is 0.375. The van der Waals surface area contributed by atoms with Crippen molar-refractivity contribution in [1.29, 1.82) is 0 Å². The van der Waals surface area contributed by atoms with Crippen molar-refractivity contribution in [3.8, 4) is 5.75 Å². The van der Waals surface area contributed by atoms with Crippen molar-refractivity contribution >= 4 is 17.3 Å². The highest BCUT2D eigenvalue weighted by Gasteiger charge is 2.19. The van der Waals surface area contributed by atoms with Crippen LogP contribution in [0.3, 0.4) is 0 Å². The van der Waals surface area contributed by atoms with E-state index in [1.807, 2.05) is 18.2 Å². The Balaban J connectivity index is 2.44. The van der Waals surface area contributed by atoms with Crippen LogP contribution in [0.25, 0.3) is 0 Å². The molecule has 0 saturated heterocycles. The lowest BCUT2D eigenvalue weighted by Crippen LogP contribution is -2.14. The molecule has 0 radical (unpaired) electrons. The van der Waals surface area contributed by atoms with Gasteiger partial charge in [-0.2, -0.15) is 0 Å². The number of nitrogens with one attached hydrogen (secondary N) is 2. The second-order valence-electron chi connectivity index (χ2n) is 5.77. The molecule has 0 aliphatic rings. The number of anilines is 3. The van der Waals surface area contributed by atoms with Crippen LogP contribution in [0, 0.1) is 0 Å². The molecule has 2 N–H and O–H groups in total. The zero-order chi connectivity index (χ0) is 15.5. The Kier molecular flexibility index (Phi) is 4.31. The van der Waals surface area contributed by atoms with E-state index in [1.54, 1.807) is 14.2 Å². The molecule has 1 aromatic heterocycles. The SMILES string of the molecule is CNc1ncnc(Nc2ccccc2C(C)(C)C)c1OC. The Labute approximate surface area is 125 Å². The lowest BCUT2D eigenvalue weighted by Gasteiger charge is -2.23. The third-order valence-electron chi connectivity index (χ3n) is 3.23. The number of rotatable bonds is 4. The standard InChI is InChI=1S/C16H22N4O/c1-16(2,3)11-8-6-7-9-12(11)20-15-13(21-5)14(17-4)18-10-19-15/h6-10H,1-5H3,(H2,17,18,19,20). The highest BCUT2D eigenvalue weighted by Crippen LogP contribution is 2.35. The summed E-state index contributed by atoms with van der Waals surface area (Å²) in [6, 6.07) is 8.21. The van der Waals surface area contributed by atoms with E-state index in [0.717, 1.165) is 5.69 Å². The normalized spacial score (nSPS) is 11.1. The van der Waals surface area contributed by atoms with Gasteiger partial charge in [-0.1, -0.05) is 39.0 Å². The van der Waals surface area contributed by atoms with Crippen molar-refractivity contribution in [2.75, 3.05) is 24.8 Å². The quantitative estimate of drug-likeness (QED) is 0.900. The highest BCUT2D eigenvalue weighted by atomic mass is 16.5. The van der Waals surface area contributed by atoms with Gasteiger partial charge in [0.25, 0.3) is 0 Å². The molecule has 0 bridgehead atoms. The molecule has 112 valence electrons. The number of hydrogen-bond acceptors (Lipinski definition) is 5. The molecule has 0 unspecified atom stereocenters. The van der Waals surface area contributed by atoms with E-state index >= 15 is 0 Å². The van der Waals surface area contributed by atoms with Crippen molar-refractivity contribution in [2.45, 2.75) is 26.2 Å². The minimum atomic E-state index is 0.0374. The lowest BCUT2D eigenvalue weighted by molar-refractivity contribution is 0.415. The van der Waals surface area contributed by atoms with E-state index in [9.17, 15) is 0 Å². The van der Waals surface area contributed by atoms with E-state index in [-0.39, 0.29) is 5.41 Å². The number of ether oxygens (including phenoxy) is 1. The number of methoxy groups -OCH3 is 1. The molecule has 5 heteroatoms. The average Bonchev–Trinajstić information content (AvgIpc) is 2.46. The van der Waals surface area contributed by atoms with Gasteiger partial charge in [0, 0.05) is 12.7 Å². The van der Waals surface area contributed by atoms with E-state index in [0.29, 0.717) is 17.4 Å². The first-order valence-corrected chi connectivity index (χ1v) is 6.90. The van der Waals surface area contributed by atoms with Gasteiger partial charge in [0.05, 0.1) is 7.11 Å². The maximum atomic E-state index is 5.42. The van der Waals surface area contributed by atoms with Crippen molar-refractivity contribution in [3.05, 3.63) is 36.2 Å². The van der Waals surface area contributed by atoms with Crippen molar-refractivity contribution in [1.82, 2.24) is 9.97 Å². The summed E-state index contributed by atoms with van der Waals surface area (Å²) in [5, 5.41) is 6.36. The van der Waals surface area contributed by atoms with Gasteiger partial charge in [0.1, 0.15) is 6.33 Å². The minimum Gasteiger partial charge on any atom is -0.490 e. The van der Waals surface area contributed by atoms with E-state index in [2.05, 4.69) is 47.4 Å². The van der Waals surface area contributed by atoms with Gasteiger partial charge in [-0.3, -0.25) is 0 Å². The zero-order valence-electron chi connectivity index (χ0n) is 13.2. The molecule has 0 aliphatic carbocycles. The summed E-state index contributed by atoms with van der Waals surface area (Å²) in [6.45, 7) is 6.55. The summed E-state index contributed by atoms with van der Waals surface area (Å²) >= 11 is 0. The summed E-state index contributed by atoms with van der Waals surface area (Å²) in [5.41, 5.74) is 2.27. The molecular weight excluding hydrogens is 264 g/mol. The van der Waals surface area contributed by atoms with E-state index in [4.69, 9.17) is 4.74 Å². The summed E-state index contributed by atoms with van der Waals surface area (Å²) in [6.07, 6.45) is 1.51. The minimum absolute atomic E-state index is 0.0374. The van der Waals surface area contributed by atoms with Crippen LogP contribution in [0.15, 0.2) is 30.6 Å². The molecule has 2 aromatic rings. The lowest BCUT2D eigenvalue weighted by atomic mass is 9.86. The maximum Gasteiger partial charge on any atom is 0.204 e. The number of benzene rings is 1. The molecule has 0 amide bonds. The van der Waals surface area contributed by atoms with E-state index < -0.39 is 0 Å². The van der Waals surface area contributed by atoms with Crippen LogP contribution in [0.2, 0.25) is 0 Å². The van der Waals surface area contributed by atoms with Gasteiger partial charge in [0.15, 0.2) is 11.6 Å². The smallest absolute Gasteiger partial charge is 0.204 e. The topological polar surface area (TPSA) is 59.1 Å². The van der Waals surface area contributed by atoms with Gasteiger partial charge < -0.3 is 15.4 Å². The van der Waals surface area contributed by atoms with Crippen LogP contribution in [0.5, 0.6) is 5.75 Å². The Hall–Kier alpha value is -2.30. The first-order chi connectivity index (χ1) is 9.97. The third-order valence-corrected chi connectivity index (χ3v) is 3.23. The predicted octanol–water partition coefficient (Wildman–Crippen LogP) is 3.57.